The van der Waals surface area contributed by atoms with Gasteiger partial charge in [0.15, 0.2) is 5.82 Å². The van der Waals surface area contributed by atoms with Gasteiger partial charge in [0.2, 0.25) is 0 Å². The van der Waals surface area contributed by atoms with Gasteiger partial charge >= 0.3 is 0 Å². The fourth-order valence-corrected chi connectivity index (χ4v) is 2.81. The third kappa shape index (κ3) is 2.70. The Hall–Kier alpha value is -0.840. The average Bonchev–Trinajstić information content (AvgIpc) is 2.39. The fourth-order valence-electron chi connectivity index (χ4n) is 2.29. The zero-order chi connectivity index (χ0) is 12.3. The summed E-state index contributed by atoms with van der Waals surface area (Å²) in [5.74, 6) is 1.24. The van der Waals surface area contributed by atoms with E-state index in [-0.39, 0.29) is 5.56 Å². The molecule has 0 radical (unpaired) electrons. The van der Waals surface area contributed by atoms with Gasteiger partial charge in [-0.15, -0.1) is 0 Å². The van der Waals surface area contributed by atoms with Crippen LogP contribution in [0.5, 0.6) is 0 Å². The largest absolute Gasteiger partial charge is 0.352 e. The molecule has 0 aromatic carbocycles. The first kappa shape index (κ1) is 12.6. The lowest BCUT2D eigenvalue weighted by atomic mass is 10.0. The van der Waals surface area contributed by atoms with Crippen molar-refractivity contribution < 1.29 is 0 Å². The molecule has 1 aromatic rings. The molecule has 1 unspecified atom stereocenters. The summed E-state index contributed by atoms with van der Waals surface area (Å²) in [6, 6.07) is 0. The highest BCUT2D eigenvalue weighted by atomic mass is 79.9. The van der Waals surface area contributed by atoms with Gasteiger partial charge in [-0.3, -0.25) is 4.79 Å². The SMILES string of the molecule is CCn1ccnc(N2CCCC(CBr)C2)c1=O. The smallest absolute Gasteiger partial charge is 0.293 e. The molecular formula is C12H18BrN3O. The Morgan fingerprint density at radius 1 is 1.59 bits per heavy atom. The molecule has 0 bridgehead atoms. The van der Waals surface area contributed by atoms with Gasteiger partial charge < -0.3 is 9.47 Å². The average molecular weight is 300 g/mol. The Bertz CT molecular complexity index is 432. The van der Waals surface area contributed by atoms with Crippen molar-refractivity contribution in [3.63, 3.8) is 0 Å². The van der Waals surface area contributed by atoms with Crippen molar-refractivity contribution in [2.75, 3.05) is 23.3 Å². The van der Waals surface area contributed by atoms with Gasteiger partial charge in [-0.05, 0) is 25.7 Å². The highest BCUT2D eigenvalue weighted by Gasteiger charge is 2.22. The number of alkyl halides is 1. The van der Waals surface area contributed by atoms with Crippen molar-refractivity contribution in [2.45, 2.75) is 26.3 Å². The Balaban J connectivity index is 2.24. The van der Waals surface area contributed by atoms with Crippen LogP contribution in [0.2, 0.25) is 0 Å². The second-order valence-electron chi connectivity index (χ2n) is 4.45. The zero-order valence-electron chi connectivity index (χ0n) is 10.1. The van der Waals surface area contributed by atoms with E-state index in [9.17, 15) is 4.79 Å². The number of hydrogen-bond acceptors (Lipinski definition) is 3. The molecule has 0 aliphatic carbocycles. The standard InChI is InChI=1S/C12H18BrN3O/c1-2-15-7-5-14-11(12(15)17)16-6-3-4-10(8-13)9-16/h5,7,10H,2-4,6,8-9H2,1H3. The maximum Gasteiger partial charge on any atom is 0.293 e. The number of aromatic nitrogens is 2. The molecule has 2 rings (SSSR count). The van der Waals surface area contributed by atoms with Crippen molar-refractivity contribution in [1.82, 2.24) is 9.55 Å². The second-order valence-corrected chi connectivity index (χ2v) is 5.10. The molecule has 1 atom stereocenters. The number of anilines is 1. The van der Waals surface area contributed by atoms with E-state index in [0.717, 1.165) is 24.8 Å². The fraction of sp³-hybridized carbons (Fsp3) is 0.667. The van der Waals surface area contributed by atoms with Crippen molar-refractivity contribution in [3.8, 4) is 0 Å². The van der Waals surface area contributed by atoms with E-state index < -0.39 is 0 Å². The molecule has 1 fully saturated rings. The number of nitrogens with zero attached hydrogens (tertiary/aromatic N) is 3. The molecule has 1 aliphatic heterocycles. The highest BCUT2D eigenvalue weighted by Crippen LogP contribution is 2.20. The Labute approximate surface area is 110 Å². The monoisotopic (exact) mass is 299 g/mol. The molecule has 17 heavy (non-hydrogen) atoms. The molecule has 4 nitrogen and oxygen atoms in total. The van der Waals surface area contributed by atoms with E-state index in [1.54, 1.807) is 17.0 Å². The number of halogens is 1. The number of rotatable bonds is 3. The molecule has 0 spiro atoms. The van der Waals surface area contributed by atoms with Crippen LogP contribution in [0.15, 0.2) is 17.2 Å². The summed E-state index contributed by atoms with van der Waals surface area (Å²) in [7, 11) is 0. The molecule has 94 valence electrons. The lowest BCUT2D eigenvalue weighted by Gasteiger charge is -2.32. The van der Waals surface area contributed by atoms with Crippen LogP contribution in [0.25, 0.3) is 0 Å². The van der Waals surface area contributed by atoms with Crippen LogP contribution < -0.4 is 10.5 Å². The van der Waals surface area contributed by atoms with Crippen LogP contribution in [0.3, 0.4) is 0 Å². The summed E-state index contributed by atoms with van der Waals surface area (Å²) in [5, 5.41) is 0.998. The van der Waals surface area contributed by atoms with E-state index in [1.165, 1.54) is 6.42 Å². The van der Waals surface area contributed by atoms with Crippen LogP contribution in [0, 0.1) is 5.92 Å². The minimum atomic E-state index is 0.0326. The van der Waals surface area contributed by atoms with Gasteiger partial charge in [0, 0.05) is 37.4 Å². The lowest BCUT2D eigenvalue weighted by Crippen LogP contribution is -2.40. The third-order valence-electron chi connectivity index (χ3n) is 3.27. The topological polar surface area (TPSA) is 38.1 Å². The van der Waals surface area contributed by atoms with Crippen LogP contribution in [0.1, 0.15) is 19.8 Å². The minimum absolute atomic E-state index is 0.0326. The molecular weight excluding hydrogens is 282 g/mol. The van der Waals surface area contributed by atoms with Gasteiger partial charge in [-0.1, -0.05) is 15.9 Å². The predicted octanol–water partition coefficient (Wildman–Crippen LogP) is 1.87. The molecule has 0 saturated carbocycles. The highest BCUT2D eigenvalue weighted by molar-refractivity contribution is 9.09. The number of hydrogen-bond donors (Lipinski definition) is 0. The summed E-state index contributed by atoms with van der Waals surface area (Å²) in [6.07, 6.45) is 5.84. The molecule has 0 N–H and O–H groups in total. The van der Waals surface area contributed by atoms with Gasteiger partial charge in [-0.2, -0.15) is 0 Å². The van der Waals surface area contributed by atoms with E-state index in [2.05, 4.69) is 25.8 Å². The van der Waals surface area contributed by atoms with Gasteiger partial charge in [0.25, 0.3) is 5.56 Å². The van der Waals surface area contributed by atoms with Crippen molar-refractivity contribution >= 4 is 21.7 Å². The first-order valence-corrected chi connectivity index (χ1v) is 7.24. The first-order valence-electron chi connectivity index (χ1n) is 6.12. The maximum atomic E-state index is 12.1. The van der Waals surface area contributed by atoms with Crippen molar-refractivity contribution in [1.29, 1.82) is 0 Å². The van der Waals surface area contributed by atoms with Gasteiger partial charge in [-0.25, -0.2) is 4.98 Å². The van der Waals surface area contributed by atoms with E-state index >= 15 is 0 Å². The predicted molar refractivity (Wildman–Crippen MR) is 72.9 cm³/mol. The summed E-state index contributed by atoms with van der Waals surface area (Å²) in [5.41, 5.74) is 0.0326. The van der Waals surface area contributed by atoms with E-state index in [1.807, 2.05) is 6.92 Å². The van der Waals surface area contributed by atoms with Gasteiger partial charge in [0.05, 0.1) is 0 Å². The van der Waals surface area contributed by atoms with E-state index in [0.29, 0.717) is 18.3 Å². The Kier molecular flexibility index (Phi) is 4.20. The quantitative estimate of drug-likeness (QED) is 0.800. The van der Waals surface area contributed by atoms with E-state index in [4.69, 9.17) is 0 Å². The summed E-state index contributed by atoms with van der Waals surface area (Å²) in [4.78, 5) is 18.5. The lowest BCUT2D eigenvalue weighted by molar-refractivity contribution is 0.450. The molecule has 0 amide bonds. The summed E-state index contributed by atoms with van der Waals surface area (Å²) >= 11 is 3.53. The Morgan fingerprint density at radius 3 is 3.12 bits per heavy atom. The van der Waals surface area contributed by atoms with Crippen molar-refractivity contribution in [2.24, 2.45) is 5.92 Å². The molecule has 1 saturated heterocycles. The zero-order valence-corrected chi connectivity index (χ0v) is 11.7. The number of piperidine rings is 1. The normalized spacial score (nSPS) is 20.6. The maximum absolute atomic E-state index is 12.1. The van der Waals surface area contributed by atoms with Crippen LogP contribution in [-0.2, 0) is 6.54 Å². The molecule has 2 heterocycles. The second kappa shape index (κ2) is 5.67. The molecule has 1 aliphatic rings. The summed E-state index contributed by atoms with van der Waals surface area (Å²) < 4.78 is 1.71. The summed E-state index contributed by atoms with van der Waals surface area (Å²) in [6.45, 7) is 4.55. The van der Waals surface area contributed by atoms with Crippen LogP contribution >= 0.6 is 15.9 Å². The molecule has 5 heteroatoms. The van der Waals surface area contributed by atoms with Gasteiger partial charge in [0.1, 0.15) is 0 Å². The first-order chi connectivity index (χ1) is 8.26. The Morgan fingerprint density at radius 2 is 2.41 bits per heavy atom. The van der Waals surface area contributed by atoms with Crippen LogP contribution in [0.4, 0.5) is 5.82 Å². The van der Waals surface area contributed by atoms with Crippen molar-refractivity contribution in [3.05, 3.63) is 22.7 Å². The number of aryl methyl sites for hydroxylation is 1. The molecule has 1 aromatic heterocycles. The third-order valence-corrected chi connectivity index (χ3v) is 4.19. The van der Waals surface area contributed by atoms with Crippen LogP contribution in [-0.4, -0.2) is 28.0 Å². The minimum Gasteiger partial charge on any atom is -0.352 e.